The zero-order valence-electron chi connectivity index (χ0n) is 19.8. The summed E-state index contributed by atoms with van der Waals surface area (Å²) in [4.78, 5) is 18.1. The van der Waals surface area contributed by atoms with E-state index in [1.807, 2.05) is 72.8 Å². The van der Waals surface area contributed by atoms with Crippen molar-refractivity contribution in [1.29, 1.82) is 0 Å². The van der Waals surface area contributed by atoms with E-state index in [1.54, 1.807) is 13.0 Å². The fraction of sp³-hybridized carbons (Fsp3) is 0.286. The minimum Gasteiger partial charge on any atom is -0.494 e. The van der Waals surface area contributed by atoms with Gasteiger partial charge in [-0.2, -0.15) is 4.98 Å². The molecule has 0 amide bonds. The molecule has 4 aromatic rings. The predicted molar refractivity (Wildman–Crippen MR) is 135 cm³/mol. The Balaban J connectivity index is 1.42. The lowest BCUT2D eigenvalue weighted by atomic mass is 10.1. The molecule has 0 saturated heterocycles. The smallest absolute Gasteiger partial charge is 0.344 e. The zero-order valence-corrected chi connectivity index (χ0v) is 19.8. The maximum atomic E-state index is 11.3. The molecule has 0 saturated carbocycles. The van der Waals surface area contributed by atoms with Gasteiger partial charge in [0.05, 0.1) is 6.61 Å². The van der Waals surface area contributed by atoms with E-state index in [4.69, 9.17) is 13.9 Å². The van der Waals surface area contributed by atoms with Crippen LogP contribution in [0.4, 0.5) is 6.01 Å². The van der Waals surface area contributed by atoms with Crippen molar-refractivity contribution in [2.75, 3.05) is 24.6 Å². The number of rotatable bonds is 13. The van der Waals surface area contributed by atoms with Crippen molar-refractivity contribution < 1.29 is 23.8 Å². The van der Waals surface area contributed by atoms with Gasteiger partial charge in [0.25, 0.3) is 6.01 Å². The summed E-state index contributed by atoms with van der Waals surface area (Å²) in [5, 5.41) is 9.28. The normalized spacial score (nSPS) is 11.8. The Morgan fingerprint density at radius 2 is 1.77 bits per heavy atom. The highest BCUT2D eigenvalue weighted by atomic mass is 16.5. The molecule has 0 bridgehead atoms. The van der Waals surface area contributed by atoms with Gasteiger partial charge < -0.3 is 23.9 Å². The van der Waals surface area contributed by atoms with E-state index in [9.17, 15) is 9.90 Å². The van der Waals surface area contributed by atoms with Gasteiger partial charge in [0.2, 0.25) is 0 Å². The van der Waals surface area contributed by atoms with E-state index in [-0.39, 0.29) is 0 Å². The number of hydrogen-bond acceptors (Lipinski definition) is 6. The molecule has 1 unspecified atom stereocenters. The number of anilines is 1. The van der Waals surface area contributed by atoms with Crippen LogP contribution in [0.3, 0.4) is 0 Å². The summed E-state index contributed by atoms with van der Waals surface area (Å²) < 4.78 is 17.5. The van der Waals surface area contributed by atoms with Crippen LogP contribution in [0.15, 0.2) is 83.3 Å². The molecule has 7 heteroatoms. The number of nitrogens with zero attached hydrogens (tertiary/aromatic N) is 2. The molecule has 0 aliphatic carbocycles. The number of aromatic nitrogens is 1. The Kier molecular flexibility index (Phi) is 8.22. The molecule has 0 radical (unpaired) electrons. The second-order valence-electron chi connectivity index (χ2n) is 8.22. The third kappa shape index (κ3) is 6.76. The lowest BCUT2D eigenvalue weighted by molar-refractivity contribution is -0.145. The first-order chi connectivity index (χ1) is 17.1. The average molecular weight is 475 g/mol. The molecule has 1 atom stereocenters. The maximum Gasteiger partial charge on any atom is 0.344 e. The van der Waals surface area contributed by atoms with Gasteiger partial charge in [0.1, 0.15) is 17.0 Å². The fourth-order valence-corrected chi connectivity index (χ4v) is 3.77. The van der Waals surface area contributed by atoms with Crippen molar-refractivity contribution in [3.63, 3.8) is 0 Å². The molecule has 0 aliphatic rings. The summed E-state index contributed by atoms with van der Waals surface area (Å²) >= 11 is 0. The Morgan fingerprint density at radius 3 is 2.54 bits per heavy atom. The van der Waals surface area contributed by atoms with Crippen molar-refractivity contribution in [1.82, 2.24) is 4.98 Å². The lowest BCUT2D eigenvalue weighted by Gasteiger charge is -2.21. The van der Waals surface area contributed by atoms with E-state index in [0.29, 0.717) is 37.9 Å². The molecule has 4 rings (SSSR count). The molecule has 7 nitrogen and oxygen atoms in total. The van der Waals surface area contributed by atoms with Crippen molar-refractivity contribution in [3.8, 4) is 11.5 Å². The first-order valence-electron chi connectivity index (χ1n) is 11.9. The highest BCUT2D eigenvalue weighted by molar-refractivity contribution is 5.74. The standard InChI is InChI=1S/C28H30N2O5/c1-2-25(27(31)32)34-23-13-8-10-21(20-23)16-18-30(17-9-19-33-22-11-4-3-5-12-22)28-29-24-14-6-7-15-26(24)35-28/h3-8,10-15,20,25H,2,9,16-19H2,1H3,(H,31,32). The van der Waals surface area contributed by atoms with E-state index in [2.05, 4.69) is 9.88 Å². The first-order valence-corrected chi connectivity index (χ1v) is 11.9. The Morgan fingerprint density at radius 1 is 1.00 bits per heavy atom. The van der Waals surface area contributed by atoms with Gasteiger partial charge in [-0.1, -0.05) is 49.4 Å². The summed E-state index contributed by atoms with van der Waals surface area (Å²) in [5.74, 6) is 0.448. The van der Waals surface area contributed by atoms with Crippen LogP contribution >= 0.6 is 0 Å². The maximum absolute atomic E-state index is 11.3. The predicted octanol–water partition coefficient (Wildman–Crippen LogP) is 5.59. The van der Waals surface area contributed by atoms with Gasteiger partial charge in [-0.15, -0.1) is 0 Å². The SMILES string of the molecule is CCC(Oc1cccc(CCN(CCCOc2ccccc2)c2nc3ccccc3o2)c1)C(=O)O. The number of carboxylic acid groups (broad SMARTS) is 1. The molecule has 1 heterocycles. The summed E-state index contributed by atoms with van der Waals surface area (Å²) in [5.41, 5.74) is 2.62. The van der Waals surface area contributed by atoms with Crippen LogP contribution in [-0.2, 0) is 11.2 Å². The van der Waals surface area contributed by atoms with E-state index >= 15 is 0 Å². The van der Waals surface area contributed by atoms with E-state index < -0.39 is 12.1 Å². The van der Waals surface area contributed by atoms with Gasteiger partial charge in [-0.05, 0) is 61.2 Å². The second-order valence-corrected chi connectivity index (χ2v) is 8.22. The summed E-state index contributed by atoms with van der Waals surface area (Å²) in [6.45, 7) is 3.77. The number of fused-ring (bicyclic) bond motifs is 1. The van der Waals surface area contributed by atoms with Gasteiger partial charge in [0, 0.05) is 13.1 Å². The zero-order chi connectivity index (χ0) is 24.5. The van der Waals surface area contributed by atoms with Gasteiger partial charge in [0.15, 0.2) is 11.7 Å². The fourth-order valence-electron chi connectivity index (χ4n) is 3.77. The summed E-state index contributed by atoms with van der Waals surface area (Å²) in [7, 11) is 0. The molecule has 3 aromatic carbocycles. The van der Waals surface area contributed by atoms with Crippen LogP contribution in [-0.4, -0.2) is 41.9 Å². The van der Waals surface area contributed by atoms with Crippen LogP contribution in [0.5, 0.6) is 11.5 Å². The van der Waals surface area contributed by atoms with Crippen LogP contribution in [0.2, 0.25) is 0 Å². The van der Waals surface area contributed by atoms with Crippen LogP contribution < -0.4 is 14.4 Å². The number of aliphatic carboxylic acids is 1. The van der Waals surface area contributed by atoms with Crippen LogP contribution in [0.25, 0.3) is 11.1 Å². The van der Waals surface area contributed by atoms with Crippen LogP contribution in [0, 0.1) is 0 Å². The van der Waals surface area contributed by atoms with Crippen molar-refractivity contribution in [2.45, 2.75) is 32.3 Å². The third-order valence-electron chi connectivity index (χ3n) is 5.63. The number of oxazole rings is 1. The molecular weight excluding hydrogens is 444 g/mol. The summed E-state index contributed by atoms with van der Waals surface area (Å²) in [6.07, 6.45) is 1.06. The van der Waals surface area contributed by atoms with E-state index in [0.717, 1.165) is 35.3 Å². The molecular formula is C28H30N2O5. The van der Waals surface area contributed by atoms with Crippen LogP contribution in [0.1, 0.15) is 25.3 Å². The topological polar surface area (TPSA) is 85.0 Å². The van der Waals surface area contributed by atoms with Gasteiger partial charge in [-0.25, -0.2) is 4.79 Å². The number of benzene rings is 3. The van der Waals surface area contributed by atoms with Crippen molar-refractivity contribution in [2.24, 2.45) is 0 Å². The second kappa shape index (κ2) is 11.9. The first kappa shape index (κ1) is 24.1. The molecule has 182 valence electrons. The van der Waals surface area contributed by atoms with E-state index in [1.165, 1.54) is 0 Å². The molecule has 0 spiro atoms. The molecule has 35 heavy (non-hydrogen) atoms. The average Bonchev–Trinajstić information content (AvgIpc) is 3.31. The number of ether oxygens (including phenoxy) is 2. The van der Waals surface area contributed by atoms with Gasteiger partial charge in [-0.3, -0.25) is 0 Å². The van der Waals surface area contributed by atoms with Gasteiger partial charge >= 0.3 is 5.97 Å². The minimum absolute atomic E-state index is 0.399. The highest BCUT2D eigenvalue weighted by Gasteiger charge is 2.17. The summed E-state index contributed by atoms with van der Waals surface area (Å²) in [6, 6.07) is 25.7. The number of carbonyl (C=O) groups is 1. The molecule has 0 fully saturated rings. The Labute approximate surface area is 204 Å². The lowest BCUT2D eigenvalue weighted by Crippen LogP contribution is -2.28. The largest absolute Gasteiger partial charge is 0.494 e. The minimum atomic E-state index is -0.960. The Hall–Kier alpha value is -4.00. The number of hydrogen-bond donors (Lipinski definition) is 1. The quantitative estimate of drug-likeness (QED) is 0.253. The molecule has 1 N–H and O–H groups in total. The number of carboxylic acids is 1. The molecule has 1 aromatic heterocycles. The molecule has 0 aliphatic heterocycles. The monoisotopic (exact) mass is 474 g/mol. The Bertz CT molecular complexity index is 1190. The van der Waals surface area contributed by atoms with Crippen molar-refractivity contribution >= 4 is 23.1 Å². The third-order valence-corrected chi connectivity index (χ3v) is 5.63. The number of para-hydroxylation sites is 3. The van der Waals surface area contributed by atoms with Crippen molar-refractivity contribution in [3.05, 3.63) is 84.4 Å². The highest BCUT2D eigenvalue weighted by Crippen LogP contribution is 2.23.